The summed E-state index contributed by atoms with van der Waals surface area (Å²) >= 11 is 1.69. The van der Waals surface area contributed by atoms with Crippen LogP contribution in [-0.2, 0) is 11.2 Å². The zero-order valence-corrected chi connectivity index (χ0v) is 11.8. The van der Waals surface area contributed by atoms with Crippen molar-refractivity contribution in [3.63, 3.8) is 0 Å². The van der Waals surface area contributed by atoms with Crippen molar-refractivity contribution in [3.8, 4) is 0 Å². The van der Waals surface area contributed by atoms with Crippen molar-refractivity contribution in [2.45, 2.75) is 46.2 Å². The lowest BCUT2D eigenvalue weighted by Crippen LogP contribution is -2.53. The largest absolute Gasteiger partial charge is 0.368 e. The fourth-order valence-corrected chi connectivity index (χ4v) is 2.55. The van der Waals surface area contributed by atoms with Crippen molar-refractivity contribution in [1.82, 2.24) is 5.32 Å². The first-order valence-corrected chi connectivity index (χ1v) is 6.81. The van der Waals surface area contributed by atoms with E-state index < -0.39 is 0 Å². The van der Waals surface area contributed by atoms with Gasteiger partial charge < -0.3 is 11.1 Å². The minimum absolute atomic E-state index is 0.158. The average Bonchev–Trinajstić information content (AvgIpc) is 2.64. The lowest BCUT2D eigenvalue weighted by Gasteiger charge is -2.31. The quantitative estimate of drug-likeness (QED) is 0.846. The monoisotopic (exact) mass is 254 g/mol. The molecule has 0 aliphatic rings. The van der Waals surface area contributed by atoms with Crippen LogP contribution in [-0.4, -0.2) is 18.0 Å². The van der Waals surface area contributed by atoms with Gasteiger partial charge in [0.15, 0.2) is 0 Å². The average molecular weight is 254 g/mol. The smallest absolute Gasteiger partial charge is 0.235 e. The van der Waals surface area contributed by atoms with Crippen molar-refractivity contribution in [1.29, 1.82) is 0 Å². The summed E-state index contributed by atoms with van der Waals surface area (Å²) in [5, 5.41) is 7.53. The SMILES string of the molecule is C[C@H](Cc1ccsc1)N[C@@H](C(N)=O)C(C)(C)C. The van der Waals surface area contributed by atoms with E-state index in [2.05, 4.69) is 29.1 Å². The number of amides is 1. The van der Waals surface area contributed by atoms with E-state index in [0.29, 0.717) is 0 Å². The van der Waals surface area contributed by atoms with Crippen molar-refractivity contribution >= 4 is 17.2 Å². The molecule has 1 heterocycles. The van der Waals surface area contributed by atoms with Crippen molar-refractivity contribution in [3.05, 3.63) is 22.4 Å². The first-order valence-electron chi connectivity index (χ1n) is 5.87. The first kappa shape index (κ1) is 14.2. The molecule has 0 unspecified atom stereocenters. The molecule has 0 saturated heterocycles. The number of rotatable bonds is 5. The number of nitrogens with one attached hydrogen (secondary N) is 1. The third-order valence-electron chi connectivity index (χ3n) is 2.72. The fraction of sp³-hybridized carbons (Fsp3) is 0.615. The zero-order chi connectivity index (χ0) is 13.1. The first-order chi connectivity index (χ1) is 7.80. The molecule has 0 spiro atoms. The molecule has 1 amide bonds. The molecule has 2 atom stereocenters. The molecule has 0 radical (unpaired) electrons. The Hall–Kier alpha value is -0.870. The van der Waals surface area contributed by atoms with Crippen LogP contribution in [0, 0.1) is 5.41 Å². The van der Waals surface area contributed by atoms with Gasteiger partial charge in [-0.25, -0.2) is 0 Å². The normalized spacial score (nSPS) is 15.5. The Morgan fingerprint density at radius 3 is 2.59 bits per heavy atom. The van der Waals surface area contributed by atoms with E-state index >= 15 is 0 Å². The van der Waals surface area contributed by atoms with Gasteiger partial charge in [0, 0.05) is 6.04 Å². The summed E-state index contributed by atoms with van der Waals surface area (Å²) in [5.41, 5.74) is 6.59. The van der Waals surface area contributed by atoms with Crippen LogP contribution in [0.25, 0.3) is 0 Å². The Balaban J connectivity index is 2.59. The molecule has 1 aromatic rings. The second-order valence-corrected chi connectivity index (χ2v) is 6.38. The molecule has 0 saturated carbocycles. The summed E-state index contributed by atoms with van der Waals surface area (Å²) in [5.74, 6) is -0.283. The van der Waals surface area contributed by atoms with Crippen LogP contribution in [0.3, 0.4) is 0 Å². The van der Waals surface area contributed by atoms with Gasteiger partial charge in [0.05, 0.1) is 6.04 Å². The van der Waals surface area contributed by atoms with E-state index in [1.807, 2.05) is 20.8 Å². The van der Waals surface area contributed by atoms with Gasteiger partial charge in [0.25, 0.3) is 0 Å². The number of hydrogen-bond donors (Lipinski definition) is 2. The molecule has 0 aromatic carbocycles. The summed E-state index contributed by atoms with van der Waals surface area (Å²) in [6.07, 6.45) is 0.920. The lowest BCUT2D eigenvalue weighted by atomic mass is 9.85. The van der Waals surface area contributed by atoms with Gasteiger partial charge in [-0.2, -0.15) is 11.3 Å². The summed E-state index contributed by atoms with van der Waals surface area (Å²) < 4.78 is 0. The maximum absolute atomic E-state index is 11.4. The Bertz CT molecular complexity index is 354. The molecule has 4 heteroatoms. The highest BCUT2D eigenvalue weighted by Crippen LogP contribution is 2.20. The molecule has 0 aliphatic carbocycles. The minimum Gasteiger partial charge on any atom is -0.368 e. The van der Waals surface area contributed by atoms with Crippen LogP contribution in [0.4, 0.5) is 0 Å². The summed E-state index contributed by atoms with van der Waals surface area (Å²) in [6, 6.07) is 2.05. The number of carbonyl (C=O) groups excluding carboxylic acids is 1. The van der Waals surface area contributed by atoms with Crippen LogP contribution < -0.4 is 11.1 Å². The number of primary amides is 1. The molecule has 3 nitrogen and oxygen atoms in total. The van der Waals surface area contributed by atoms with E-state index in [-0.39, 0.29) is 23.4 Å². The zero-order valence-electron chi connectivity index (χ0n) is 11.0. The Morgan fingerprint density at radius 1 is 1.53 bits per heavy atom. The molecule has 1 rings (SSSR count). The van der Waals surface area contributed by atoms with Gasteiger partial charge in [-0.3, -0.25) is 4.79 Å². The number of nitrogens with two attached hydrogens (primary N) is 1. The van der Waals surface area contributed by atoms with Gasteiger partial charge >= 0.3 is 0 Å². The summed E-state index contributed by atoms with van der Waals surface area (Å²) in [7, 11) is 0. The van der Waals surface area contributed by atoms with Crippen molar-refractivity contribution < 1.29 is 4.79 Å². The maximum Gasteiger partial charge on any atom is 0.235 e. The maximum atomic E-state index is 11.4. The second kappa shape index (κ2) is 5.65. The standard InChI is InChI=1S/C13H22N2OS/c1-9(7-10-5-6-17-8-10)15-11(12(14)16)13(2,3)4/h5-6,8-9,11,15H,7H2,1-4H3,(H2,14,16)/t9-,11+/m1/s1. The third-order valence-corrected chi connectivity index (χ3v) is 3.46. The highest BCUT2D eigenvalue weighted by molar-refractivity contribution is 7.07. The summed E-state index contributed by atoms with van der Waals surface area (Å²) in [6.45, 7) is 8.14. The third kappa shape index (κ3) is 4.48. The summed E-state index contributed by atoms with van der Waals surface area (Å²) in [4.78, 5) is 11.4. The molecule has 96 valence electrons. The highest BCUT2D eigenvalue weighted by atomic mass is 32.1. The molecular formula is C13H22N2OS. The molecule has 0 bridgehead atoms. The second-order valence-electron chi connectivity index (χ2n) is 5.60. The van der Waals surface area contributed by atoms with Gasteiger partial charge in [-0.05, 0) is 41.1 Å². The van der Waals surface area contributed by atoms with E-state index in [4.69, 9.17) is 5.73 Å². The van der Waals surface area contributed by atoms with Gasteiger partial charge in [0.2, 0.25) is 5.91 Å². The van der Waals surface area contributed by atoms with Crippen molar-refractivity contribution in [2.24, 2.45) is 11.1 Å². The minimum atomic E-state index is -0.295. The van der Waals surface area contributed by atoms with Gasteiger partial charge in [-0.15, -0.1) is 0 Å². The molecule has 17 heavy (non-hydrogen) atoms. The van der Waals surface area contributed by atoms with Crippen molar-refractivity contribution in [2.75, 3.05) is 0 Å². The van der Waals surface area contributed by atoms with E-state index in [0.717, 1.165) is 6.42 Å². The molecule has 0 fully saturated rings. The van der Waals surface area contributed by atoms with Gasteiger partial charge in [0.1, 0.15) is 0 Å². The predicted molar refractivity (Wildman–Crippen MR) is 73.1 cm³/mol. The van der Waals surface area contributed by atoms with Crippen LogP contribution in [0.1, 0.15) is 33.3 Å². The van der Waals surface area contributed by atoms with E-state index in [1.54, 1.807) is 11.3 Å². The Kier molecular flexibility index (Phi) is 4.71. The van der Waals surface area contributed by atoms with Crippen LogP contribution in [0.5, 0.6) is 0 Å². The molecule has 3 N–H and O–H groups in total. The fourth-order valence-electron chi connectivity index (χ4n) is 1.86. The number of hydrogen-bond acceptors (Lipinski definition) is 3. The number of carbonyl (C=O) groups is 1. The topological polar surface area (TPSA) is 55.1 Å². The Labute approximate surface area is 107 Å². The molecule has 0 aliphatic heterocycles. The van der Waals surface area contributed by atoms with E-state index in [9.17, 15) is 4.79 Å². The van der Waals surface area contributed by atoms with Crippen LogP contribution >= 0.6 is 11.3 Å². The Morgan fingerprint density at radius 2 is 2.18 bits per heavy atom. The highest BCUT2D eigenvalue weighted by Gasteiger charge is 2.30. The molecule has 1 aromatic heterocycles. The van der Waals surface area contributed by atoms with E-state index in [1.165, 1.54) is 5.56 Å². The van der Waals surface area contributed by atoms with Crippen LogP contribution in [0.15, 0.2) is 16.8 Å². The lowest BCUT2D eigenvalue weighted by molar-refractivity contribution is -0.122. The van der Waals surface area contributed by atoms with Crippen LogP contribution in [0.2, 0.25) is 0 Å². The molecular weight excluding hydrogens is 232 g/mol. The number of thiophene rings is 1. The van der Waals surface area contributed by atoms with Gasteiger partial charge in [-0.1, -0.05) is 20.8 Å². The predicted octanol–water partition coefficient (Wildman–Crippen LogP) is 2.17.